The van der Waals surface area contributed by atoms with Crippen LogP contribution in [0.25, 0.3) is 0 Å². The molecule has 0 radical (unpaired) electrons. The fourth-order valence-electron chi connectivity index (χ4n) is 2.91. The van der Waals surface area contributed by atoms with Crippen LogP contribution in [0, 0.1) is 5.41 Å². The van der Waals surface area contributed by atoms with E-state index in [1.807, 2.05) is 0 Å². The summed E-state index contributed by atoms with van der Waals surface area (Å²) in [6.07, 6.45) is 3.54. The summed E-state index contributed by atoms with van der Waals surface area (Å²) in [5.41, 5.74) is -0.0394. The van der Waals surface area contributed by atoms with Gasteiger partial charge in [0.05, 0.1) is 19.3 Å². The van der Waals surface area contributed by atoms with Crippen LogP contribution in [0.15, 0.2) is 0 Å². The van der Waals surface area contributed by atoms with Crippen LogP contribution in [0.4, 0.5) is 0 Å². The van der Waals surface area contributed by atoms with Crippen molar-refractivity contribution >= 4 is 0 Å². The first-order valence-corrected chi connectivity index (χ1v) is 6.77. The predicted molar refractivity (Wildman–Crippen MR) is 66.0 cm³/mol. The SMILES string of the molecule is CC1CN(CC2(CO)CCCOC2)CCCO1. The topological polar surface area (TPSA) is 41.9 Å². The van der Waals surface area contributed by atoms with Gasteiger partial charge in [-0.3, -0.25) is 4.90 Å². The molecule has 1 N–H and O–H groups in total. The number of aliphatic hydroxyl groups excluding tert-OH is 1. The molecular weight excluding hydrogens is 218 g/mol. The Kier molecular flexibility index (Phi) is 4.79. The fourth-order valence-corrected chi connectivity index (χ4v) is 2.91. The molecule has 4 nitrogen and oxygen atoms in total. The van der Waals surface area contributed by atoms with Gasteiger partial charge in [0.2, 0.25) is 0 Å². The standard InChI is InChI=1S/C13H25NO3/c1-12-8-14(5-3-7-17-12)9-13(10-15)4-2-6-16-11-13/h12,15H,2-11H2,1H3. The second-order valence-corrected chi connectivity index (χ2v) is 5.58. The van der Waals surface area contributed by atoms with Gasteiger partial charge in [-0.2, -0.15) is 0 Å². The predicted octanol–water partition coefficient (Wildman–Crippen LogP) is 0.886. The second kappa shape index (κ2) is 6.14. The van der Waals surface area contributed by atoms with E-state index in [1.165, 1.54) is 0 Å². The van der Waals surface area contributed by atoms with Crippen LogP contribution < -0.4 is 0 Å². The summed E-state index contributed by atoms with van der Waals surface area (Å²) in [6.45, 7) is 7.77. The molecule has 2 aliphatic rings. The van der Waals surface area contributed by atoms with Crippen LogP contribution >= 0.6 is 0 Å². The van der Waals surface area contributed by atoms with Crippen LogP contribution in [-0.2, 0) is 9.47 Å². The summed E-state index contributed by atoms with van der Waals surface area (Å²) in [4.78, 5) is 2.43. The van der Waals surface area contributed by atoms with Crippen LogP contribution in [0.1, 0.15) is 26.2 Å². The molecule has 2 atom stereocenters. The zero-order chi connectivity index (χ0) is 12.1. The summed E-state index contributed by atoms with van der Waals surface area (Å²) < 4.78 is 11.2. The van der Waals surface area contributed by atoms with Crippen LogP contribution in [0.3, 0.4) is 0 Å². The van der Waals surface area contributed by atoms with Crippen molar-refractivity contribution in [1.82, 2.24) is 4.90 Å². The molecule has 2 fully saturated rings. The molecule has 0 aromatic rings. The molecule has 2 heterocycles. The minimum absolute atomic E-state index is 0.0394. The van der Waals surface area contributed by atoms with E-state index in [9.17, 15) is 5.11 Å². The highest BCUT2D eigenvalue weighted by molar-refractivity contribution is 4.85. The van der Waals surface area contributed by atoms with Crippen molar-refractivity contribution in [2.24, 2.45) is 5.41 Å². The Morgan fingerprint density at radius 2 is 2.24 bits per heavy atom. The van der Waals surface area contributed by atoms with Crippen molar-refractivity contribution in [1.29, 1.82) is 0 Å². The molecular formula is C13H25NO3. The van der Waals surface area contributed by atoms with Crippen molar-refractivity contribution in [3.05, 3.63) is 0 Å². The Morgan fingerprint density at radius 1 is 1.35 bits per heavy atom. The van der Waals surface area contributed by atoms with Crippen molar-refractivity contribution in [2.45, 2.75) is 32.3 Å². The monoisotopic (exact) mass is 243 g/mol. The Morgan fingerprint density at radius 3 is 2.94 bits per heavy atom. The number of ether oxygens (including phenoxy) is 2. The van der Waals surface area contributed by atoms with E-state index >= 15 is 0 Å². The van der Waals surface area contributed by atoms with Gasteiger partial charge in [0.25, 0.3) is 0 Å². The van der Waals surface area contributed by atoms with Gasteiger partial charge < -0.3 is 14.6 Å². The van der Waals surface area contributed by atoms with Gasteiger partial charge in [0.15, 0.2) is 0 Å². The molecule has 2 aliphatic heterocycles. The van der Waals surface area contributed by atoms with E-state index in [4.69, 9.17) is 9.47 Å². The third-order valence-corrected chi connectivity index (χ3v) is 3.83. The lowest BCUT2D eigenvalue weighted by Gasteiger charge is -2.39. The van der Waals surface area contributed by atoms with Gasteiger partial charge in [-0.1, -0.05) is 0 Å². The minimum Gasteiger partial charge on any atom is -0.396 e. The van der Waals surface area contributed by atoms with Gasteiger partial charge in [0, 0.05) is 38.3 Å². The highest BCUT2D eigenvalue weighted by atomic mass is 16.5. The van der Waals surface area contributed by atoms with E-state index in [1.54, 1.807) is 0 Å². The molecule has 4 heteroatoms. The average Bonchev–Trinajstić information content (AvgIpc) is 2.55. The summed E-state index contributed by atoms with van der Waals surface area (Å²) in [5, 5.41) is 9.67. The summed E-state index contributed by atoms with van der Waals surface area (Å²) in [5.74, 6) is 0. The van der Waals surface area contributed by atoms with E-state index in [0.29, 0.717) is 12.7 Å². The van der Waals surface area contributed by atoms with E-state index in [-0.39, 0.29) is 12.0 Å². The van der Waals surface area contributed by atoms with Gasteiger partial charge in [-0.15, -0.1) is 0 Å². The Balaban J connectivity index is 1.92. The molecule has 0 aromatic heterocycles. The molecule has 0 bridgehead atoms. The normalized spacial score (nSPS) is 36.7. The molecule has 0 saturated carbocycles. The highest BCUT2D eigenvalue weighted by Gasteiger charge is 2.34. The lowest BCUT2D eigenvalue weighted by Crippen LogP contribution is -2.47. The first-order chi connectivity index (χ1) is 8.24. The lowest BCUT2D eigenvalue weighted by atomic mass is 9.82. The average molecular weight is 243 g/mol. The van der Waals surface area contributed by atoms with Gasteiger partial charge in [0.1, 0.15) is 0 Å². The third-order valence-electron chi connectivity index (χ3n) is 3.83. The van der Waals surface area contributed by atoms with Crippen molar-refractivity contribution in [2.75, 3.05) is 46.1 Å². The van der Waals surface area contributed by atoms with Crippen molar-refractivity contribution in [3.63, 3.8) is 0 Å². The molecule has 2 saturated heterocycles. The zero-order valence-electron chi connectivity index (χ0n) is 10.9. The zero-order valence-corrected chi connectivity index (χ0v) is 10.9. The Bertz CT molecular complexity index is 229. The molecule has 0 aliphatic carbocycles. The fraction of sp³-hybridized carbons (Fsp3) is 1.00. The van der Waals surface area contributed by atoms with Gasteiger partial charge >= 0.3 is 0 Å². The third kappa shape index (κ3) is 3.65. The van der Waals surface area contributed by atoms with E-state index < -0.39 is 0 Å². The minimum atomic E-state index is -0.0394. The Hall–Kier alpha value is -0.160. The maximum absolute atomic E-state index is 9.67. The van der Waals surface area contributed by atoms with Crippen LogP contribution in [0.5, 0.6) is 0 Å². The number of nitrogens with zero attached hydrogens (tertiary/aromatic N) is 1. The molecule has 2 unspecified atom stereocenters. The van der Waals surface area contributed by atoms with Crippen LogP contribution in [0.2, 0.25) is 0 Å². The molecule has 2 rings (SSSR count). The number of hydrogen-bond donors (Lipinski definition) is 1. The summed E-state index contributed by atoms with van der Waals surface area (Å²) >= 11 is 0. The Labute approximate surface area is 104 Å². The molecule has 0 spiro atoms. The summed E-state index contributed by atoms with van der Waals surface area (Å²) in [6, 6.07) is 0. The molecule has 0 aromatic carbocycles. The lowest BCUT2D eigenvalue weighted by molar-refractivity contribution is -0.0573. The van der Waals surface area contributed by atoms with Gasteiger partial charge in [-0.25, -0.2) is 0 Å². The number of aliphatic hydroxyl groups is 1. The number of hydrogen-bond acceptors (Lipinski definition) is 4. The highest BCUT2D eigenvalue weighted by Crippen LogP contribution is 2.29. The summed E-state index contributed by atoms with van der Waals surface area (Å²) in [7, 11) is 0. The molecule has 17 heavy (non-hydrogen) atoms. The first kappa shape index (κ1) is 13.3. The van der Waals surface area contributed by atoms with Crippen molar-refractivity contribution < 1.29 is 14.6 Å². The van der Waals surface area contributed by atoms with Crippen molar-refractivity contribution in [3.8, 4) is 0 Å². The van der Waals surface area contributed by atoms with E-state index in [2.05, 4.69) is 11.8 Å². The van der Waals surface area contributed by atoms with E-state index in [0.717, 1.165) is 52.1 Å². The molecule has 0 amide bonds. The number of rotatable bonds is 3. The maximum Gasteiger partial charge on any atom is 0.0673 e. The smallest absolute Gasteiger partial charge is 0.0673 e. The van der Waals surface area contributed by atoms with Gasteiger partial charge in [-0.05, 0) is 26.2 Å². The maximum atomic E-state index is 9.67. The first-order valence-electron chi connectivity index (χ1n) is 6.77. The second-order valence-electron chi connectivity index (χ2n) is 5.58. The quantitative estimate of drug-likeness (QED) is 0.799. The van der Waals surface area contributed by atoms with Crippen LogP contribution in [-0.4, -0.2) is 62.2 Å². The molecule has 100 valence electrons. The largest absolute Gasteiger partial charge is 0.396 e.